The van der Waals surface area contributed by atoms with E-state index in [1.165, 1.54) is 5.56 Å². The molecular formula is C18H20O. The van der Waals surface area contributed by atoms with Crippen LogP contribution >= 0.6 is 0 Å². The van der Waals surface area contributed by atoms with Gasteiger partial charge in [-0.3, -0.25) is 4.79 Å². The Morgan fingerprint density at radius 3 is 2.32 bits per heavy atom. The fourth-order valence-corrected chi connectivity index (χ4v) is 2.46. The van der Waals surface area contributed by atoms with Gasteiger partial charge in [-0.1, -0.05) is 55.5 Å². The molecule has 1 unspecified atom stereocenters. The molecule has 0 aromatic heterocycles. The molecule has 0 saturated carbocycles. The van der Waals surface area contributed by atoms with Crippen LogP contribution < -0.4 is 0 Å². The van der Waals surface area contributed by atoms with Crippen LogP contribution in [0.2, 0.25) is 0 Å². The quantitative estimate of drug-likeness (QED) is 0.722. The van der Waals surface area contributed by atoms with Crippen molar-refractivity contribution in [1.29, 1.82) is 0 Å². The van der Waals surface area contributed by atoms with Gasteiger partial charge in [-0.05, 0) is 37.0 Å². The van der Waals surface area contributed by atoms with Gasteiger partial charge in [-0.2, -0.15) is 0 Å². The number of carbonyl (C=O) groups is 1. The summed E-state index contributed by atoms with van der Waals surface area (Å²) in [5, 5.41) is 0. The largest absolute Gasteiger partial charge is 0.293 e. The molecule has 2 rings (SSSR count). The maximum Gasteiger partial charge on any atom is 0.170 e. The van der Waals surface area contributed by atoms with E-state index >= 15 is 0 Å². The fourth-order valence-electron chi connectivity index (χ4n) is 2.46. The molecule has 98 valence electrons. The minimum Gasteiger partial charge on any atom is -0.293 e. The van der Waals surface area contributed by atoms with Crippen molar-refractivity contribution in [3.05, 3.63) is 70.8 Å². The van der Waals surface area contributed by atoms with Crippen molar-refractivity contribution in [3.63, 3.8) is 0 Å². The molecule has 1 nitrogen and oxygen atoms in total. The molecule has 0 saturated heterocycles. The lowest BCUT2D eigenvalue weighted by atomic mass is 9.86. The van der Waals surface area contributed by atoms with Gasteiger partial charge in [0.1, 0.15) is 0 Å². The van der Waals surface area contributed by atoms with E-state index in [1.807, 2.05) is 49.4 Å². The predicted octanol–water partition coefficient (Wildman–Crippen LogP) is 4.68. The van der Waals surface area contributed by atoms with E-state index in [0.29, 0.717) is 0 Å². The lowest BCUT2D eigenvalue weighted by Gasteiger charge is -2.16. The molecule has 0 aliphatic rings. The second-order valence-corrected chi connectivity index (χ2v) is 4.98. The third kappa shape index (κ3) is 2.76. The van der Waals surface area contributed by atoms with Crippen LogP contribution in [-0.4, -0.2) is 5.78 Å². The minimum absolute atomic E-state index is 0.0401. The Kier molecular flexibility index (Phi) is 4.16. The smallest absolute Gasteiger partial charge is 0.170 e. The van der Waals surface area contributed by atoms with Crippen LogP contribution in [0, 0.1) is 13.8 Å². The number of ketones is 1. The molecule has 0 amide bonds. The van der Waals surface area contributed by atoms with E-state index in [0.717, 1.165) is 23.1 Å². The molecule has 19 heavy (non-hydrogen) atoms. The first-order valence-corrected chi connectivity index (χ1v) is 6.80. The second kappa shape index (κ2) is 5.83. The van der Waals surface area contributed by atoms with Crippen LogP contribution in [0.25, 0.3) is 0 Å². The monoisotopic (exact) mass is 252 g/mol. The minimum atomic E-state index is -0.0401. The Labute approximate surface area is 115 Å². The molecule has 0 aliphatic carbocycles. The van der Waals surface area contributed by atoms with Gasteiger partial charge in [-0.25, -0.2) is 0 Å². The molecule has 1 heteroatoms. The van der Waals surface area contributed by atoms with E-state index in [9.17, 15) is 4.79 Å². The topological polar surface area (TPSA) is 17.1 Å². The highest BCUT2D eigenvalue weighted by Crippen LogP contribution is 2.26. The highest BCUT2D eigenvalue weighted by atomic mass is 16.1. The molecule has 0 fully saturated rings. The van der Waals surface area contributed by atoms with Gasteiger partial charge in [0.15, 0.2) is 5.78 Å². The summed E-state index contributed by atoms with van der Waals surface area (Å²) in [6.07, 6.45) is 0.830. The van der Waals surface area contributed by atoms with Crippen LogP contribution in [0.15, 0.2) is 48.5 Å². The molecule has 2 aromatic rings. The molecule has 0 bridgehead atoms. The van der Waals surface area contributed by atoms with Crippen molar-refractivity contribution < 1.29 is 4.79 Å². The lowest BCUT2D eigenvalue weighted by molar-refractivity contribution is 0.0956. The third-order valence-electron chi connectivity index (χ3n) is 3.80. The van der Waals surface area contributed by atoms with Crippen molar-refractivity contribution in [2.45, 2.75) is 33.1 Å². The van der Waals surface area contributed by atoms with Gasteiger partial charge < -0.3 is 0 Å². The number of Topliss-reactive ketones (excluding diaryl/α,β-unsaturated/α-hetero) is 1. The van der Waals surface area contributed by atoms with Crippen molar-refractivity contribution in [1.82, 2.24) is 0 Å². The summed E-state index contributed by atoms with van der Waals surface area (Å²) in [7, 11) is 0. The molecule has 0 N–H and O–H groups in total. The van der Waals surface area contributed by atoms with E-state index in [-0.39, 0.29) is 11.7 Å². The number of aryl methyl sites for hydroxylation is 1. The molecule has 0 aliphatic heterocycles. The SMILES string of the molecule is CCC(C(=O)c1cccc(C)c1C)c1ccccc1. The summed E-state index contributed by atoms with van der Waals surface area (Å²) in [4.78, 5) is 12.7. The van der Waals surface area contributed by atoms with Crippen LogP contribution in [0.4, 0.5) is 0 Å². The average Bonchev–Trinajstić information content (AvgIpc) is 2.44. The fraction of sp³-hybridized carbons (Fsp3) is 0.278. The van der Waals surface area contributed by atoms with Crippen molar-refractivity contribution in [2.75, 3.05) is 0 Å². The highest BCUT2D eigenvalue weighted by Gasteiger charge is 2.21. The maximum atomic E-state index is 12.7. The maximum absolute atomic E-state index is 12.7. The van der Waals surface area contributed by atoms with E-state index < -0.39 is 0 Å². The van der Waals surface area contributed by atoms with Crippen molar-refractivity contribution >= 4 is 5.78 Å². The lowest BCUT2D eigenvalue weighted by Crippen LogP contribution is -2.14. The summed E-state index contributed by atoms with van der Waals surface area (Å²) in [6, 6.07) is 16.0. The Hall–Kier alpha value is -1.89. The van der Waals surface area contributed by atoms with Gasteiger partial charge in [0.25, 0.3) is 0 Å². The molecular weight excluding hydrogens is 232 g/mol. The number of hydrogen-bond acceptors (Lipinski definition) is 1. The molecule has 0 radical (unpaired) electrons. The van der Waals surface area contributed by atoms with Gasteiger partial charge in [-0.15, -0.1) is 0 Å². The van der Waals surface area contributed by atoms with Gasteiger partial charge in [0, 0.05) is 11.5 Å². The number of carbonyl (C=O) groups excluding carboxylic acids is 1. The highest BCUT2D eigenvalue weighted by molar-refractivity contribution is 6.02. The van der Waals surface area contributed by atoms with Crippen molar-refractivity contribution in [2.24, 2.45) is 0 Å². The van der Waals surface area contributed by atoms with Gasteiger partial charge in [0.05, 0.1) is 0 Å². The molecule has 1 atom stereocenters. The van der Waals surface area contributed by atoms with E-state index in [2.05, 4.69) is 19.9 Å². The Morgan fingerprint density at radius 2 is 1.68 bits per heavy atom. The third-order valence-corrected chi connectivity index (χ3v) is 3.80. The number of rotatable bonds is 4. The normalized spacial score (nSPS) is 12.2. The number of hydrogen-bond donors (Lipinski definition) is 0. The first-order valence-electron chi connectivity index (χ1n) is 6.80. The summed E-state index contributed by atoms with van der Waals surface area (Å²) >= 11 is 0. The zero-order chi connectivity index (χ0) is 13.8. The van der Waals surface area contributed by atoms with Crippen LogP contribution in [0.3, 0.4) is 0 Å². The summed E-state index contributed by atoms with van der Waals surface area (Å²) < 4.78 is 0. The molecule has 0 heterocycles. The number of benzene rings is 2. The Bertz CT molecular complexity index is 569. The Morgan fingerprint density at radius 1 is 1.00 bits per heavy atom. The molecule has 2 aromatic carbocycles. The first-order chi connectivity index (χ1) is 9.15. The Balaban J connectivity index is 2.39. The van der Waals surface area contributed by atoms with Crippen molar-refractivity contribution in [3.8, 4) is 0 Å². The first kappa shape index (κ1) is 13.5. The van der Waals surface area contributed by atoms with Crippen LogP contribution in [0.1, 0.15) is 46.3 Å². The predicted molar refractivity (Wildman–Crippen MR) is 79.7 cm³/mol. The van der Waals surface area contributed by atoms with Crippen LogP contribution in [0.5, 0.6) is 0 Å². The standard InChI is InChI=1S/C18H20O/c1-4-16(15-10-6-5-7-11-15)18(19)17-12-8-9-13(2)14(17)3/h5-12,16H,4H2,1-3H3. The zero-order valence-corrected chi connectivity index (χ0v) is 11.8. The summed E-state index contributed by atoms with van der Waals surface area (Å²) in [5.41, 5.74) is 4.24. The van der Waals surface area contributed by atoms with Gasteiger partial charge >= 0.3 is 0 Å². The zero-order valence-electron chi connectivity index (χ0n) is 11.8. The van der Waals surface area contributed by atoms with Crippen LogP contribution in [-0.2, 0) is 0 Å². The second-order valence-electron chi connectivity index (χ2n) is 4.98. The van der Waals surface area contributed by atoms with Gasteiger partial charge in [0.2, 0.25) is 0 Å². The molecule has 0 spiro atoms. The summed E-state index contributed by atoms with van der Waals surface area (Å²) in [5.74, 6) is 0.191. The average molecular weight is 252 g/mol. The summed E-state index contributed by atoms with van der Waals surface area (Å²) in [6.45, 7) is 6.15. The van der Waals surface area contributed by atoms with E-state index in [1.54, 1.807) is 0 Å². The van der Waals surface area contributed by atoms with E-state index in [4.69, 9.17) is 0 Å².